The molecular weight excluding hydrogens is 370 g/mol. The number of amides is 1. The van der Waals surface area contributed by atoms with Crippen LogP contribution in [0.1, 0.15) is 48.3 Å². The van der Waals surface area contributed by atoms with E-state index < -0.39 is 17.4 Å². The zero-order valence-electron chi connectivity index (χ0n) is 16.5. The molecule has 1 fully saturated rings. The number of nitrogens with zero attached hydrogens (tertiary/aromatic N) is 5. The summed E-state index contributed by atoms with van der Waals surface area (Å²) in [4.78, 5) is 30.8. The van der Waals surface area contributed by atoms with E-state index in [2.05, 4.69) is 15.3 Å². The zero-order valence-corrected chi connectivity index (χ0v) is 16.5. The highest BCUT2D eigenvalue weighted by molar-refractivity contribution is 5.97. The normalized spacial score (nSPS) is 15.9. The molecule has 1 aliphatic carbocycles. The van der Waals surface area contributed by atoms with Gasteiger partial charge in [-0.3, -0.25) is 9.78 Å². The minimum Gasteiger partial charge on any atom is -0.479 e. The molecule has 1 N–H and O–H groups in total. The van der Waals surface area contributed by atoms with Gasteiger partial charge in [-0.2, -0.15) is 0 Å². The first-order valence-corrected chi connectivity index (χ1v) is 9.73. The second kappa shape index (κ2) is 7.27. The Morgan fingerprint density at radius 3 is 2.66 bits per heavy atom. The van der Waals surface area contributed by atoms with Crippen molar-refractivity contribution in [1.29, 1.82) is 0 Å². The van der Waals surface area contributed by atoms with Gasteiger partial charge in [-0.15, -0.1) is 5.10 Å². The van der Waals surface area contributed by atoms with Gasteiger partial charge in [0.15, 0.2) is 5.69 Å². The van der Waals surface area contributed by atoms with Gasteiger partial charge in [0.1, 0.15) is 5.54 Å². The highest BCUT2D eigenvalue weighted by Gasteiger charge is 2.46. The number of carbonyl (C=O) groups is 2. The highest BCUT2D eigenvalue weighted by Crippen LogP contribution is 2.34. The molecule has 0 radical (unpaired) electrons. The van der Waals surface area contributed by atoms with Crippen LogP contribution in [0.25, 0.3) is 16.5 Å². The molecule has 3 aromatic rings. The Hall–Kier alpha value is -3.29. The van der Waals surface area contributed by atoms with E-state index in [1.54, 1.807) is 31.0 Å². The zero-order chi connectivity index (χ0) is 20.6. The number of pyridine rings is 1. The molecular formula is C21H23N5O3. The summed E-state index contributed by atoms with van der Waals surface area (Å²) in [5.41, 5.74) is 0.353. The van der Waals surface area contributed by atoms with Crippen LogP contribution in [0.5, 0.6) is 0 Å². The summed E-state index contributed by atoms with van der Waals surface area (Å²) in [6.45, 7) is 1.77. The third-order valence-electron chi connectivity index (χ3n) is 6.01. The van der Waals surface area contributed by atoms with Crippen LogP contribution in [-0.2, 0) is 4.79 Å². The minimum atomic E-state index is -1.18. The fraction of sp³-hybridized carbons (Fsp3) is 0.381. The van der Waals surface area contributed by atoms with Crippen LogP contribution in [0.4, 0.5) is 0 Å². The predicted octanol–water partition coefficient (Wildman–Crippen LogP) is 2.98. The lowest BCUT2D eigenvalue weighted by atomic mass is 9.80. The van der Waals surface area contributed by atoms with E-state index in [4.69, 9.17) is 0 Å². The van der Waals surface area contributed by atoms with Crippen LogP contribution in [0.2, 0.25) is 0 Å². The van der Waals surface area contributed by atoms with Gasteiger partial charge in [-0.1, -0.05) is 36.6 Å². The van der Waals surface area contributed by atoms with Crippen molar-refractivity contribution in [3.8, 4) is 5.69 Å². The first kappa shape index (κ1) is 19.0. The number of aromatic nitrogens is 4. The molecule has 0 unspecified atom stereocenters. The summed E-state index contributed by atoms with van der Waals surface area (Å²) < 4.78 is 1.62. The van der Waals surface area contributed by atoms with E-state index in [1.807, 2.05) is 24.3 Å². The van der Waals surface area contributed by atoms with Crippen LogP contribution >= 0.6 is 0 Å². The number of carbonyl (C=O) groups excluding carboxylic acids is 1. The smallest absolute Gasteiger partial charge is 0.329 e. The van der Waals surface area contributed by atoms with Crippen molar-refractivity contribution < 1.29 is 14.7 Å². The molecule has 0 atom stereocenters. The number of aliphatic carboxylic acids is 1. The molecule has 8 heteroatoms. The van der Waals surface area contributed by atoms with Crippen LogP contribution in [0.3, 0.4) is 0 Å². The molecule has 150 valence electrons. The molecule has 1 saturated carbocycles. The van der Waals surface area contributed by atoms with Gasteiger partial charge >= 0.3 is 5.97 Å². The molecule has 0 saturated heterocycles. The van der Waals surface area contributed by atoms with Gasteiger partial charge < -0.3 is 10.0 Å². The average Bonchev–Trinajstić information content (AvgIpc) is 3.13. The maximum atomic E-state index is 13.2. The van der Waals surface area contributed by atoms with Gasteiger partial charge in [0.2, 0.25) is 0 Å². The molecule has 4 rings (SSSR count). The van der Waals surface area contributed by atoms with Crippen LogP contribution in [-0.4, -0.2) is 54.4 Å². The quantitative estimate of drug-likeness (QED) is 0.731. The molecule has 29 heavy (non-hydrogen) atoms. The van der Waals surface area contributed by atoms with Gasteiger partial charge in [-0.25, -0.2) is 9.48 Å². The molecule has 1 aromatic carbocycles. The van der Waals surface area contributed by atoms with E-state index in [1.165, 1.54) is 4.90 Å². The summed E-state index contributed by atoms with van der Waals surface area (Å²) >= 11 is 0. The number of hydrogen-bond acceptors (Lipinski definition) is 5. The number of carboxylic acid groups (broad SMARTS) is 1. The Kier molecular flexibility index (Phi) is 4.77. The number of likely N-dealkylation sites (N-methyl/N-ethyl adjacent to an activating group) is 1. The number of hydrogen-bond donors (Lipinski definition) is 1. The monoisotopic (exact) mass is 393 g/mol. The third kappa shape index (κ3) is 3.04. The molecule has 1 amide bonds. The largest absolute Gasteiger partial charge is 0.479 e. The Morgan fingerprint density at radius 1 is 1.17 bits per heavy atom. The Bertz CT molecular complexity index is 1080. The number of benzene rings is 1. The number of rotatable bonds is 4. The summed E-state index contributed by atoms with van der Waals surface area (Å²) in [6, 6.07) is 7.65. The average molecular weight is 393 g/mol. The highest BCUT2D eigenvalue weighted by atomic mass is 16.4. The summed E-state index contributed by atoms with van der Waals surface area (Å²) in [6.07, 6.45) is 6.95. The fourth-order valence-corrected chi connectivity index (χ4v) is 4.23. The lowest BCUT2D eigenvalue weighted by Gasteiger charge is -2.40. The van der Waals surface area contributed by atoms with E-state index in [-0.39, 0.29) is 5.69 Å². The van der Waals surface area contributed by atoms with Crippen LogP contribution < -0.4 is 0 Å². The second-order valence-electron chi connectivity index (χ2n) is 7.57. The minimum absolute atomic E-state index is 0.171. The van der Waals surface area contributed by atoms with Gasteiger partial charge in [0.25, 0.3) is 5.91 Å². The van der Waals surface area contributed by atoms with Crippen LogP contribution in [0.15, 0.2) is 36.7 Å². The van der Waals surface area contributed by atoms with Crippen molar-refractivity contribution in [2.45, 2.75) is 44.6 Å². The number of fused-ring (bicyclic) bond motifs is 1. The van der Waals surface area contributed by atoms with Crippen molar-refractivity contribution in [2.24, 2.45) is 0 Å². The fourth-order valence-electron chi connectivity index (χ4n) is 4.23. The maximum absolute atomic E-state index is 13.2. The molecule has 2 aromatic heterocycles. The van der Waals surface area contributed by atoms with Crippen molar-refractivity contribution in [3.63, 3.8) is 0 Å². The Labute approximate surface area is 168 Å². The maximum Gasteiger partial charge on any atom is 0.329 e. The van der Waals surface area contributed by atoms with Crippen molar-refractivity contribution in [2.75, 3.05) is 7.05 Å². The van der Waals surface area contributed by atoms with Crippen molar-refractivity contribution >= 4 is 22.6 Å². The first-order valence-electron chi connectivity index (χ1n) is 9.73. The summed E-state index contributed by atoms with van der Waals surface area (Å²) in [5.74, 6) is -1.38. The van der Waals surface area contributed by atoms with E-state index in [9.17, 15) is 14.7 Å². The predicted molar refractivity (Wildman–Crippen MR) is 107 cm³/mol. The molecule has 0 spiro atoms. The van der Waals surface area contributed by atoms with E-state index in [0.29, 0.717) is 18.5 Å². The lowest BCUT2D eigenvalue weighted by molar-refractivity contribution is -0.151. The molecule has 0 bridgehead atoms. The standard InChI is InChI=1S/C21H23N5O3/c1-14-18(19(27)25(2)21(20(28)29)10-4-3-5-11-21)23-24-26(14)17-8-6-7-15-13-22-12-9-16(15)17/h6-9,12-13H,3-5,10-11H2,1-2H3,(H,28,29). The SMILES string of the molecule is Cc1c(C(=O)N(C)C2(C(=O)O)CCCCC2)nnn1-c1cccc2cnccc12. The van der Waals surface area contributed by atoms with Crippen molar-refractivity contribution in [3.05, 3.63) is 48.0 Å². The topological polar surface area (TPSA) is 101 Å². The second-order valence-corrected chi connectivity index (χ2v) is 7.57. The number of carboxylic acids is 1. The summed E-state index contributed by atoms with van der Waals surface area (Å²) in [5, 5.41) is 20.1. The Balaban J connectivity index is 1.73. The summed E-state index contributed by atoms with van der Waals surface area (Å²) in [7, 11) is 1.56. The van der Waals surface area contributed by atoms with Gasteiger partial charge in [0.05, 0.1) is 11.4 Å². The first-order chi connectivity index (χ1) is 14.0. The van der Waals surface area contributed by atoms with E-state index >= 15 is 0 Å². The lowest BCUT2D eigenvalue weighted by Crippen LogP contribution is -2.56. The van der Waals surface area contributed by atoms with E-state index in [0.717, 1.165) is 35.7 Å². The van der Waals surface area contributed by atoms with Crippen molar-refractivity contribution in [1.82, 2.24) is 24.9 Å². The Morgan fingerprint density at radius 2 is 1.93 bits per heavy atom. The molecule has 0 aliphatic heterocycles. The molecule has 2 heterocycles. The van der Waals surface area contributed by atoms with Gasteiger partial charge in [-0.05, 0) is 31.9 Å². The van der Waals surface area contributed by atoms with Crippen LogP contribution in [0, 0.1) is 6.92 Å². The van der Waals surface area contributed by atoms with Gasteiger partial charge in [0, 0.05) is 30.2 Å². The molecule has 1 aliphatic rings. The third-order valence-corrected chi connectivity index (χ3v) is 6.01. The molecule has 8 nitrogen and oxygen atoms in total.